The van der Waals surface area contributed by atoms with Crippen LogP contribution in [0.5, 0.6) is 0 Å². The van der Waals surface area contributed by atoms with Gasteiger partial charge in [0.2, 0.25) is 0 Å². The van der Waals surface area contributed by atoms with Gasteiger partial charge in [-0.15, -0.1) is 10.2 Å². The van der Waals surface area contributed by atoms with Crippen molar-refractivity contribution < 1.29 is 8.42 Å². The molecule has 0 aliphatic carbocycles. The van der Waals surface area contributed by atoms with Crippen LogP contribution in [-0.4, -0.2) is 29.4 Å². The number of sulfonamides is 1. The van der Waals surface area contributed by atoms with Gasteiger partial charge in [0.25, 0.3) is 10.0 Å². The molecule has 6 nitrogen and oxygen atoms in total. The van der Waals surface area contributed by atoms with E-state index in [1.165, 1.54) is 30.0 Å². The second kappa shape index (κ2) is 8.28. The molecule has 3 rings (SSSR count). The maximum Gasteiger partial charge on any atom is 0.261 e. The molecule has 2 aromatic carbocycles. The fourth-order valence-corrected chi connectivity index (χ4v) is 4.45. The van der Waals surface area contributed by atoms with Crippen molar-refractivity contribution in [1.82, 2.24) is 14.8 Å². The molecule has 3 aromatic rings. The molecule has 0 saturated carbocycles. The molecule has 0 aliphatic rings. The number of hydrogen-bond donors (Lipinski definition) is 1. The van der Waals surface area contributed by atoms with Crippen LogP contribution in [-0.2, 0) is 16.6 Å². The van der Waals surface area contributed by atoms with Crippen molar-refractivity contribution in [3.8, 4) is 0 Å². The van der Waals surface area contributed by atoms with Crippen molar-refractivity contribution in [3.63, 3.8) is 0 Å². The van der Waals surface area contributed by atoms with Crippen molar-refractivity contribution in [3.05, 3.63) is 63.4 Å². The molecule has 0 unspecified atom stereocenters. The first kappa shape index (κ1) is 20.3. The Balaban J connectivity index is 1.96. The number of nitrogens with one attached hydrogen (secondary N) is 1. The van der Waals surface area contributed by atoms with Crippen LogP contribution < -0.4 is 4.72 Å². The van der Waals surface area contributed by atoms with Crippen molar-refractivity contribution in [1.29, 1.82) is 0 Å². The third-order valence-electron chi connectivity index (χ3n) is 3.62. The van der Waals surface area contributed by atoms with Crippen LogP contribution in [0.4, 0.5) is 5.69 Å². The highest BCUT2D eigenvalue weighted by molar-refractivity contribution is 7.98. The minimum absolute atomic E-state index is 0.00285. The lowest BCUT2D eigenvalue weighted by molar-refractivity contribution is 0.601. The van der Waals surface area contributed by atoms with Crippen molar-refractivity contribution in [2.24, 2.45) is 0 Å². The van der Waals surface area contributed by atoms with Gasteiger partial charge in [-0.1, -0.05) is 52.6 Å². The highest BCUT2D eigenvalue weighted by Gasteiger charge is 2.18. The van der Waals surface area contributed by atoms with Gasteiger partial charge in [0.05, 0.1) is 27.2 Å². The second-order valence-corrected chi connectivity index (χ2v) is 9.14. The topological polar surface area (TPSA) is 76.9 Å². The summed E-state index contributed by atoms with van der Waals surface area (Å²) < 4.78 is 29.9. The van der Waals surface area contributed by atoms with Crippen LogP contribution in [0.3, 0.4) is 0 Å². The molecule has 0 spiro atoms. The number of aromatic nitrogens is 3. The van der Waals surface area contributed by atoms with Gasteiger partial charge in [-0.2, -0.15) is 0 Å². The third kappa shape index (κ3) is 4.70. The van der Waals surface area contributed by atoms with E-state index in [0.29, 0.717) is 28.0 Å². The summed E-state index contributed by atoms with van der Waals surface area (Å²) in [4.78, 5) is -0.00285. The Hall–Kier alpha value is -1.45. The molecule has 0 bridgehead atoms. The third-order valence-corrected chi connectivity index (χ3v) is 6.64. The van der Waals surface area contributed by atoms with E-state index < -0.39 is 10.0 Å². The van der Waals surface area contributed by atoms with Gasteiger partial charge in [0.1, 0.15) is 6.33 Å². The zero-order chi connectivity index (χ0) is 19.6. The fourth-order valence-electron chi connectivity index (χ4n) is 2.32. The maximum absolute atomic E-state index is 12.8. The van der Waals surface area contributed by atoms with E-state index in [1.807, 2.05) is 10.8 Å². The quantitative estimate of drug-likeness (QED) is 0.531. The zero-order valence-corrected chi connectivity index (χ0v) is 17.8. The molecule has 11 heteroatoms. The van der Waals surface area contributed by atoms with Gasteiger partial charge in [-0.05, 0) is 42.2 Å². The van der Waals surface area contributed by atoms with Gasteiger partial charge < -0.3 is 4.57 Å². The number of benzene rings is 2. The standard InChI is InChI=1S/C16H13Cl3N4O2S2/c1-26-16-21-20-9-23(16)8-10-2-3-11(17)6-15(10)22-27(24,25)12-4-5-13(18)14(19)7-12/h2-7,9,22H,8H2,1H3. The van der Waals surface area contributed by atoms with E-state index in [9.17, 15) is 8.42 Å². The molecule has 0 amide bonds. The number of anilines is 1. The summed E-state index contributed by atoms with van der Waals surface area (Å²) in [7, 11) is -3.88. The fraction of sp³-hybridized carbons (Fsp3) is 0.125. The van der Waals surface area contributed by atoms with E-state index in [1.54, 1.807) is 24.5 Å². The predicted molar refractivity (Wildman–Crippen MR) is 110 cm³/mol. The highest BCUT2D eigenvalue weighted by atomic mass is 35.5. The van der Waals surface area contributed by atoms with E-state index in [4.69, 9.17) is 34.8 Å². The second-order valence-electron chi connectivity index (χ2n) is 5.43. The first-order valence-electron chi connectivity index (χ1n) is 7.48. The molecule has 142 valence electrons. The molecule has 0 atom stereocenters. The smallest absolute Gasteiger partial charge is 0.261 e. The summed E-state index contributed by atoms with van der Waals surface area (Å²) in [5.74, 6) is 0. The van der Waals surface area contributed by atoms with Crippen molar-refractivity contribution in [2.45, 2.75) is 16.6 Å². The summed E-state index contributed by atoms with van der Waals surface area (Å²) in [6, 6.07) is 9.10. The van der Waals surface area contributed by atoms with Crippen LogP contribution in [0.25, 0.3) is 0 Å². The molecule has 27 heavy (non-hydrogen) atoms. The van der Waals surface area contributed by atoms with Crippen LogP contribution in [0, 0.1) is 0 Å². The Morgan fingerprint density at radius 2 is 1.89 bits per heavy atom. The Labute approximate surface area is 175 Å². The Bertz CT molecular complexity index is 1090. The monoisotopic (exact) mass is 462 g/mol. The van der Waals surface area contributed by atoms with Gasteiger partial charge in [0, 0.05) is 5.02 Å². The van der Waals surface area contributed by atoms with Crippen LogP contribution in [0.15, 0.2) is 52.8 Å². The summed E-state index contributed by atoms with van der Waals surface area (Å²) in [5, 5.41) is 9.42. The lowest BCUT2D eigenvalue weighted by Gasteiger charge is -2.14. The van der Waals surface area contributed by atoms with Crippen molar-refractivity contribution in [2.75, 3.05) is 11.0 Å². The Kier molecular flexibility index (Phi) is 6.22. The van der Waals surface area contributed by atoms with E-state index in [-0.39, 0.29) is 14.9 Å². The normalized spacial score (nSPS) is 11.6. The highest BCUT2D eigenvalue weighted by Crippen LogP contribution is 2.29. The lowest BCUT2D eigenvalue weighted by atomic mass is 10.2. The number of halogens is 3. The summed E-state index contributed by atoms with van der Waals surface area (Å²) in [6.45, 7) is 0.375. The number of rotatable bonds is 6. The van der Waals surface area contributed by atoms with Gasteiger partial charge in [0.15, 0.2) is 5.16 Å². The van der Waals surface area contributed by atoms with Crippen LogP contribution in [0.2, 0.25) is 15.1 Å². The largest absolute Gasteiger partial charge is 0.304 e. The van der Waals surface area contributed by atoms with Crippen LogP contribution in [0.1, 0.15) is 5.56 Å². The Morgan fingerprint density at radius 1 is 1.11 bits per heavy atom. The molecular formula is C16H13Cl3N4O2S2. The van der Waals surface area contributed by atoms with Gasteiger partial charge >= 0.3 is 0 Å². The van der Waals surface area contributed by atoms with Crippen molar-refractivity contribution >= 4 is 62.3 Å². The minimum atomic E-state index is -3.88. The average molecular weight is 464 g/mol. The van der Waals surface area contributed by atoms with Gasteiger partial charge in [-0.25, -0.2) is 8.42 Å². The molecule has 0 fully saturated rings. The molecule has 0 aliphatic heterocycles. The first-order chi connectivity index (χ1) is 12.8. The zero-order valence-electron chi connectivity index (χ0n) is 13.9. The summed E-state index contributed by atoms with van der Waals surface area (Å²) in [6.07, 6.45) is 3.47. The molecule has 1 aromatic heterocycles. The molecule has 1 N–H and O–H groups in total. The number of thioether (sulfide) groups is 1. The molecule has 0 radical (unpaired) electrons. The Morgan fingerprint density at radius 3 is 2.59 bits per heavy atom. The summed E-state index contributed by atoms with van der Waals surface area (Å²) >= 11 is 19.3. The minimum Gasteiger partial charge on any atom is -0.304 e. The molecule has 0 saturated heterocycles. The lowest BCUT2D eigenvalue weighted by Crippen LogP contribution is -2.15. The first-order valence-corrected chi connectivity index (χ1v) is 11.3. The van der Waals surface area contributed by atoms with E-state index in [0.717, 1.165) is 0 Å². The van der Waals surface area contributed by atoms with Gasteiger partial charge in [-0.3, -0.25) is 4.72 Å². The van der Waals surface area contributed by atoms with Crippen LogP contribution >= 0.6 is 46.6 Å². The maximum atomic E-state index is 12.8. The van der Waals surface area contributed by atoms with E-state index >= 15 is 0 Å². The molecular weight excluding hydrogens is 451 g/mol. The average Bonchev–Trinajstić information content (AvgIpc) is 3.06. The molecule has 1 heterocycles. The SMILES string of the molecule is CSc1nncn1Cc1ccc(Cl)cc1NS(=O)(=O)c1ccc(Cl)c(Cl)c1. The summed E-state index contributed by atoms with van der Waals surface area (Å²) in [5.41, 5.74) is 1.06. The van der Waals surface area contributed by atoms with E-state index in [2.05, 4.69) is 14.9 Å². The predicted octanol–water partition coefficient (Wildman–Crippen LogP) is 4.81. The number of hydrogen-bond acceptors (Lipinski definition) is 5. The number of nitrogens with zero attached hydrogens (tertiary/aromatic N) is 3.